The Balaban J connectivity index is 1.31. The average molecular weight is 432 g/mol. The number of hydrogen-bond donors (Lipinski definition) is 1. The van der Waals surface area contributed by atoms with Crippen LogP contribution in [0.2, 0.25) is 0 Å². The summed E-state index contributed by atoms with van der Waals surface area (Å²) >= 11 is 1.25. The number of nitrogens with two attached hydrogens (primary N) is 1. The summed E-state index contributed by atoms with van der Waals surface area (Å²) in [6.45, 7) is 4.23. The lowest BCUT2D eigenvalue weighted by Gasteiger charge is -2.57. The van der Waals surface area contributed by atoms with Gasteiger partial charge in [0.05, 0.1) is 4.91 Å². The van der Waals surface area contributed by atoms with Crippen molar-refractivity contribution < 1.29 is 4.79 Å². The van der Waals surface area contributed by atoms with Crippen molar-refractivity contribution in [2.45, 2.75) is 57.8 Å². The molecule has 7 rings (SSSR count). The molecule has 5 aliphatic rings. The standard InChI is InChI=1S/C26H29N3OS/c1-15-7-20(11-23-24(30)28-25(27)31-23)16(2)29(15)22-5-3-21(4-6-22)26-12-17-8-18(13-26)10-19(9-17)14-26/h3-7,11,17-19H,8-10,12-14H2,1-2H3,(H2,27,28,30). The van der Waals surface area contributed by atoms with Crippen LogP contribution in [-0.4, -0.2) is 15.6 Å². The number of aliphatic imine (C=N–C) groups is 1. The Morgan fingerprint density at radius 3 is 2.23 bits per heavy atom. The van der Waals surface area contributed by atoms with Gasteiger partial charge >= 0.3 is 0 Å². The van der Waals surface area contributed by atoms with Gasteiger partial charge in [-0.1, -0.05) is 12.1 Å². The van der Waals surface area contributed by atoms with Crippen LogP contribution < -0.4 is 5.73 Å². The van der Waals surface area contributed by atoms with Gasteiger partial charge in [0.2, 0.25) is 0 Å². The van der Waals surface area contributed by atoms with Gasteiger partial charge in [0.15, 0.2) is 5.17 Å². The maximum atomic E-state index is 12.0. The molecule has 0 unspecified atom stereocenters. The Bertz CT molecular complexity index is 1100. The molecule has 4 aliphatic carbocycles. The van der Waals surface area contributed by atoms with Gasteiger partial charge in [-0.05, 0) is 123 Å². The Morgan fingerprint density at radius 1 is 1.06 bits per heavy atom. The number of carbonyl (C=O) groups is 1. The minimum absolute atomic E-state index is 0.243. The molecular weight excluding hydrogens is 402 g/mol. The van der Waals surface area contributed by atoms with E-state index in [4.69, 9.17) is 5.73 Å². The van der Waals surface area contributed by atoms with Crippen LogP contribution in [0.25, 0.3) is 11.8 Å². The van der Waals surface area contributed by atoms with E-state index in [2.05, 4.69) is 53.7 Å². The van der Waals surface area contributed by atoms with Crippen molar-refractivity contribution in [2.24, 2.45) is 28.5 Å². The predicted molar refractivity (Wildman–Crippen MR) is 127 cm³/mol. The van der Waals surface area contributed by atoms with Crippen LogP contribution in [0.15, 0.2) is 40.2 Å². The molecule has 1 aromatic heterocycles. The van der Waals surface area contributed by atoms with Crippen molar-refractivity contribution in [2.75, 3.05) is 0 Å². The highest BCUT2D eigenvalue weighted by atomic mass is 32.2. The first-order chi connectivity index (χ1) is 14.9. The van der Waals surface area contributed by atoms with Gasteiger partial charge in [-0.25, -0.2) is 0 Å². The molecule has 4 nitrogen and oxygen atoms in total. The topological polar surface area (TPSA) is 60.4 Å². The molecule has 4 bridgehead atoms. The van der Waals surface area contributed by atoms with E-state index < -0.39 is 0 Å². The molecule has 1 amide bonds. The van der Waals surface area contributed by atoms with E-state index in [1.807, 2.05) is 6.08 Å². The maximum Gasteiger partial charge on any atom is 0.286 e. The van der Waals surface area contributed by atoms with E-state index in [9.17, 15) is 4.79 Å². The molecule has 160 valence electrons. The second-order valence-electron chi connectivity index (χ2n) is 10.3. The van der Waals surface area contributed by atoms with Crippen LogP contribution in [0.1, 0.15) is 61.0 Å². The predicted octanol–water partition coefficient (Wildman–Crippen LogP) is 5.49. The van der Waals surface area contributed by atoms with Gasteiger partial charge < -0.3 is 10.3 Å². The smallest absolute Gasteiger partial charge is 0.286 e. The van der Waals surface area contributed by atoms with E-state index in [1.165, 1.54) is 56.0 Å². The summed E-state index contributed by atoms with van der Waals surface area (Å²) in [6, 6.07) is 11.5. The van der Waals surface area contributed by atoms with Crippen molar-refractivity contribution in [3.05, 3.63) is 57.8 Å². The largest absolute Gasteiger partial charge is 0.378 e. The number of aryl methyl sites for hydroxylation is 1. The summed E-state index contributed by atoms with van der Waals surface area (Å²) in [5.41, 5.74) is 12.2. The minimum Gasteiger partial charge on any atom is -0.378 e. The highest BCUT2D eigenvalue weighted by molar-refractivity contribution is 8.18. The molecule has 2 N–H and O–H groups in total. The first-order valence-electron chi connectivity index (χ1n) is 11.5. The molecule has 4 fully saturated rings. The molecule has 1 aliphatic heterocycles. The Morgan fingerprint density at radius 2 is 1.68 bits per heavy atom. The Hall–Kier alpha value is -2.27. The molecule has 0 saturated heterocycles. The monoisotopic (exact) mass is 431 g/mol. The first kappa shape index (κ1) is 19.4. The molecule has 5 heteroatoms. The number of benzene rings is 1. The van der Waals surface area contributed by atoms with Gasteiger partial charge in [0.25, 0.3) is 5.91 Å². The molecule has 31 heavy (non-hydrogen) atoms. The van der Waals surface area contributed by atoms with Gasteiger partial charge in [0.1, 0.15) is 0 Å². The number of amidine groups is 1. The molecule has 0 atom stereocenters. The molecule has 2 heterocycles. The highest BCUT2D eigenvalue weighted by Crippen LogP contribution is 2.60. The van der Waals surface area contributed by atoms with Crippen molar-refractivity contribution in [3.8, 4) is 5.69 Å². The number of nitrogens with zero attached hydrogens (tertiary/aromatic N) is 2. The van der Waals surface area contributed by atoms with Crippen LogP contribution in [0.5, 0.6) is 0 Å². The van der Waals surface area contributed by atoms with Crippen molar-refractivity contribution >= 4 is 28.9 Å². The van der Waals surface area contributed by atoms with E-state index in [1.54, 1.807) is 5.56 Å². The zero-order valence-electron chi connectivity index (χ0n) is 18.2. The second-order valence-corrected chi connectivity index (χ2v) is 11.3. The molecule has 4 saturated carbocycles. The van der Waals surface area contributed by atoms with Gasteiger partial charge in [-0.15, -0.1) is 0 Å². The lowest BCUT2D eigenvalue weighted by molar-refractivity contribution is -0.113. The van der Waals surface area contributed by atoms with Crippen molar-refractivity contribution in [3.63, 3.8) is 0 Å². The maximum absolute atomic E-state index is 12.0. The molecule has 2 aromatic rings. The third kappa shape index (κ3) is 3.12. The summed E-state index contributed by atoms with van der Waals surface area (Å²) < 4.78 is 2.28. The van der Waals surface area contributed by atoms with Crippen molar-refractivity contribution in [1.29, 1.82) is 0 Å². The zero-order valence-corrected chi connectivity index (χ0v) is 19.0. The fourth-order valence-corrected chi connectivity index (χ4v) is 8.00. The summed E-state index contributed by atoms with van der Waals surface area (Å²) in [5.74, 6) is 2.64. The molecular formula is C26H29N3OS. The van der Waals surface area contributed by atoms with Crippen LogP contribution in [0.3, 0.4) is 0 Å². The Labute approximate surface area is 188 Å². The third-order valence-corrected chi connectivity index (χ3v) is 8.98. The summed E-state index contributed by atoms with van der Waals surface area (Å²) in [7, 11) is 0. The third-order valence-electron chi connectivity index (χ3n) is 8.17. The van der Waals surface area contributed by atoms with Crippen LogP contribution >= 0.6 is 11.8 Å². The molecule has 0 spiro atoms. The van der Waals surface area contributed by atoms with E-state index in [0.717, 1.165) is 34.7 Å². The number of hydrogen-bond acceptors (Lipinski definition) is 3. The lowest BCUT2D eigenvalue weighted by Crippen LogP contribution is -2.48. The van der Waals surface area contributed by atoms with Crippen LogP contribution in [0, 0.1) is 31.6 Å². The van der Waals surface area contributed by atoms with Crippen LogP contribution in [0.4, 0.5) is 0 Å². The van der Waals surface area contributed by atoms with Gasteiger partial charge in [0, 0.05) is 17.1 Å². The minimum atomic E-state index is -0.243. The van der Waals surface area contributed by atoms with Gasteiger partial charge in [-0.3, -0.25) is 4.79 Å². The van der Waals surface area contributed by atoms with Crippen molar-refractivity contribution in [1.82, 2.24) is 4.57 Å². The summed E-state index contributed by atoms with van der Waals surface area (Å²) in [5, 5.41) is 0.324. The summed E-state index contributed by atoms with van der Waals surface area (Å²) in [6.07, 6.45) is 10.6. The zero-order chi connectivity index (χ0) is 21.3. The number of thioether (sulfide) groups is 1. The fourth-order valence-electron chi connectivity index (χ4n) is 7.33. The Kier molecular flexibility index (Phi) is 4.30. The highest BCUT2D eigenvalue weighted by Gasteiger charge is 2.51. The molecule has 0 radical (unpaired) electrons. The number of aromatic nitrogens is 1. The first-order valence-corrected chi connectivity index (χ1v) is 12.3. The average Bonchev–Trinajstić information content (AvgIpc) is 3.18. The van der Waals surface area contributed by atoms with Gasteiger partial charge in [-0.2, -0.15) is 4.99 Å². The van der Waals surface area contributed by atoms with E-state index in [-0.39, 0.29) is 5.91 Å². The number of carbonyl (C=O) groups excluding carboxylic acids is 1. The van der Waals surface area contributed by atoms with Crippen LogP contribution in [-0.2, 0) is 10.2 Å². The van der Waals surface area contributed by atoms with E-state index in [0.29, 0.717) is 15.5 Å². The fraction of sp³-hybridized carbons (Fsp3) is 0.462. The SMILES string of the molecule is Cc1cc(C=C2SC(N)=NC2=O)c(C)n1-c1ccc(C23CC4CC(CC(C4)C2)C3)cc1. The lowest BCUT2D eigenvalue weighted by atomic mass is 9.48. The molecule has 1 aromatic carbocycles. The van der Waals surface area contributed by atoms with E-state index >= 15 is 0 Å². The quantitative estimate of drug-likeness (QED) is 0.654. The normalized spacial score (nSPS) is 32.8. The summed E-state index contributed by atoms with van der Waals surface area (Å²) in [4.78, 5) is 16.4. The number of amides is 1. The second kappa shape index (κ2) is 6.86. The number of rotatable bonds is 3.